The molecule has 6 nitrogen and oxygen atoms in total. The molecule has 1 fully saturated rings. The maximum Gasteiger partial charge on any atom is 0.234 e. The second-order valence-electron chi connectivity index (χ2n) is 7.53. The lowest BCUT2D eigenvalue weighted by atomic mass is 10.0. The number of rotatable bonds is 8. The molecule has 0 atom stereocenters. The number of nitrogens with one attached hydrogen (secondary N) is 1. The summed E-state index contributed by atoms with van der Waals surface area (Å²) in [4.78, 5) is 12.7. The third kappa shape index (κ3) is 4.56. The molecule has 7 heteroatoms. The van der Waals surface area contributed by atoms with Crippen molar-refractivity contribution < 1.29 is 9.21 Å². The van der Waals surface area contributed by atoms with Crippen molar-refractivity contribution in [3.05, 3.63) is 84.6 Å². The minimum atomic E-state index is -0.0751. The molecule has 1 N–H and O–H groups in total. The largest absolute Gasteiger partial charge is 0.467 e. The third-order valence-electron chi connectivity index (χ3n) is 5.20. The predicted octanol–water partition coefficient (Wildman–Crippen LogP) is 5.19. The third-order valence-corrected chi connectivity index (χ3v) is 6.17. The zero-order chi connectivity index (χ0) is 21.0. The van der Waals surface area contributed by atoms with Gasteiger partial charge in [-0.15, -0.1) is 10.2 Å². The lowest BCUT2D eigenvalue weighted by Gasteiger charge is -2.11. The first-order valence-corrected chi connectivity index (χ1v) is 11.3. The molecule has 1 saturated carbocycles. The number of carbonyl (C=O) groups excluding carboxylic acids is 1. The van der Waals surface area contributed by atoms with Crippen LogP contribution in [0.3, 0.4) is 0 Å². The van der Waals surface area contributed by atoms with E-state index in [0.717, 1.165) is 46.4 Å². The molecule has 5 rings (SSSR count). The van der Waals surface area contributed by atoms with Crippen LogP contribution in [0.5, 0.6) is 0 Å². The van der Waals surface area contributed by atoms with Gasteiger partial charge in [-0.25, -0.2) is 0 Å². The molecular formula is C24H22N4O2S. The summed E-state index contributed by atoms with van der Waals surface area (Å²) in [6, 6.07) is 21.7. The molecule has 2 aromatic carbocycles. The highest BCUT2D eigenvalue weighted by Crippen LogP contribution is 2.40. The molecule has 1 amide bonds. The Bertz CT molecular complexity index is 1170. The van der Waals surface area contributed by atoms with E-state index >= 15 is 0 Å². The van der Waals surface area contributed by atoms with E-state index in [1.54, 1.807) is 6.26 Å². The first-order chi connectivity index (χ1) is 15.3. The monoisotopic (exact) mass is 430 g/mol. The Morgan fingerprint density at radius 2 is 1.84 bits per heavy atom. The molecule has 1 aliphatic rings. The zero-order valence-corrected chi connectivity index (χ0v) is 17.7. The number of anilines is 1. The number of thioether (sulfide) groups is 1. The number of hydrogen-bond donors (Lipinski definition) is 1. The van der Waals surface area contributed by atoms with Crippen LogP contribution in [-0.4, -0.2) is 26.4 Å². The number of carbonyl (C=O) groups is 1. The molecule has 156 valence electrons. The van der Waals surface area contributed by atoms with E-state index in [2.05, 4.69) is 20.1 Å². The molecule has 0 bridgehead atoms. The minimum Gasteiger partial charge on any atom is -0.467 e. The number of aromatic nitrogens is 3. The molecule has 0 radical (unpaired) electrons. The highest BCUT2D eigenvalue weighted by atomic mass is 32.2. The molecule has 0 aliphatic heterocycles. The van der Waals surface area contributed by atoms with Crippen molar-refractivity contribution in [1.29, 1.82) is 0 Å². The van der Waals surface area contributed by atoms with Gasteiger partial charge in [0, 0.05) is 17.2 Å². The van der Waals surface area contributed by atoms with Gasteiger partial charge in [0.25, 0.3) is 0 Å². The summed E-state index contributed by atoms with van der Waals surface area (Å²) in [6.07, 6.45) is 3.94. The summed E-state index contributed by atoms with van der Waals surface area (Å²) in [5.41, 5.74) is 2.87. The van der Waals surface area contributed by atoms with E-state index in [0.29, 0.717) is 12.5 Å². The van der Waals surface area contributed by atoms with Crippen LogP contribution in [0.4, 0.5) is 5.69 Å². The molecule has 0 spiro atoms. The second-order valence-corrected chi connectivity index (χ2v) is 8.47. The number of amides is 1. The maximum absolute atomic E-state index is 12.7. The van der Waals surface area contributed by atoms with Crippen LogP contribution in [-0.2, 0) is 11.3 Å². The van der Waals surface area contributed by atoms with E-state index in [4.69, 9.17) is 4.42 Å². The second kappa shape index (κ2) is 8.81. The average molecular weight is 431 g/mol. The standard InChI is InChI=1S/C24H22N4O2S/c29-22(25-21-11-5-4-10-20(21)17-7-2-1-3-8-17)16-31-24-27-26-23(18-12-13-18)28(24)15-19-9-6-14-30-19/h1-11,14,18H,12-13,15-16H2,(H,25,29). The van der Waals surface area contributed by atoms with Crippen LogP contribution in [0.25, 0.3) is 11.1 Å². The van der Waals surface area contributed by atoms with Crippen molar-refractivity contribution in [2.75, 3.05) is 11.1 Å². The summed E-state index contributed by atoms with van der Waals surface area (Å²) in [6.45, 7) is 0.576. The molecular weight excluding hydrogens is 408 g/mol. The Balaban J connectivity index is 1.29. The fourth-order valence-electron chi connectivity index (χ4n) is 3.54. The van der Waals surface area contributed by atoms with Crippen LogP contribution >= 0.6 is 11.8 Å². The first kappa shape index (κ1) is 19.6. The lowest BCUT2D eigenvalue weighted by Crippen LogP contribution is -2.15. The minimum absolute atomic E-state index is 0.0751. The summed E-state index contributed by atoms with van der Waals surface area (Å²) < 4.78 is 7.59. The number of nitrogens with zero attached hydrogens (tertiary/aromatic N) is 3. The summed E-state index contributed by atoms with van der Waals surface area (Å²) in [5.74, 6) is 2.47. The topological polar surface area (TPSA) is 73.0 Å². The van der Waals surface area contributed by atoms with Crippen LogP contribution in [0, 0.1) is 0 Å². The summed E-state index contributed by atoms with van der Waals surface area (Å²) in [7, 11) is 0. The van der Waals surface area contributed by atoms with Crippen molar-refractivity contribution in [3.63, 3.8) is 0 Å². The van der Waals surface area contributed by atoms with E-state index in [-0.39, 0.29) is 11.7 Å². The highest BCUT2D eigenvalue weighted by molar-refractivity contribution is 7.99. The molecule has 2 aromatic heterocycles. The quantitative estimate of drug-likeness (QED) is 0.389. The van der Waals surface area contributed by atoms with Gasteiger partial charge in [0.05, 0.1) is 18.6 Å². The Hall–Kier alpha value is -3.32. The van der Waals surface area contributed by atoms with Gasteiger partial charge in [-0.05, 0) is 36.6 Å². The first-order valence-electron chi connectivity index (χ1n) is 10.3. The van der Waals surface area contributed by atoms with E-state index in [9.17, 15) is 4.79 Å². The van der Waals surface area contributed by atoms with Crippen LogP contribution in [0.1, 0.15) is 30.3 Å². The van der Waals surface area contributed by atoms with Gasteiger partial charge in [-0.2, -0.15) is 0 Å². The van der Waals surface area contributed by atoms with Gasteiger partial charge < -0.3 is 9.73 Å². The number of hydrogen-bond acceptors (Lipinski definition) is 5. The Kier molecular flexibility index (Phi) is 5.58. The highest BCUT2D eigenvalue weighted by Gasteiger charge is 2.30. The van der Waals surface area contributed by atoms with Crippen LogP contribution < -0.4 is 5.32 Å². The van der Waals surface area contributed by atoms with Crippen molar-refractivity contribution in [2.24, 2.45) is 0 Å². The normalized spacial score (nSPS) is 13.3. The van der Waals surface area contributed by atoms with Crippen molar-refractivity contribution in [2.45, 2.75) is 30.5 Å². The van der Waals surface area contributed by atoms with Gasteiger partial charge in [-0.1, -0.05) is 60.3 Å². The van der Waals surface area contributed by atoms with Gasteiger partial charge >= 0.3 is 0 Å². The lowest BCUT2D eigenvalue weighted by molar-refractivity contribution is -0.113. The number of benzene rings is 2. The molecule has 31 heavy (non-hydrogen) atoms. The summed E-state index contributed by atoms with van der Waals surface area (Å²) >= 11 is 1.40. The predicted molar refractivity (Wildman–Crippen MR) is 121 cm³/mol. The van der Waals surface area contributed by atoms with E-state index in [1.807, 2.05) is 66.7 Å². The Morgan fingerprint density at radius 3 is 2.61 bits per heavy atom. The van der Waals surface area contributed by atoms with Gasteiger partial charge in [0.1, 0.15) is 11.6 Å². The fourth-order valence-corrected chi connectivity index (χ4v) is 4.28. The van der Waals surface area contributed by atoms with Crippen molar-refractivity contribution in [1.82, 2.24) is 14.8 Å². The maximum atomic E-state index is 12.7. The van der Waals surface area contributed by atoms with Gasteiger partial charge in [0.2, 0.25) is 5.91 Å². The molecule has 0 unspecified atom stereocenters. The smallest absolute Gasteiger partial charge is 0.234 e. The van der Waals surface area contributed by atoms with Crippen molar-refractivity contribution in [3.8, 4) is 11.1 Å². The van der Waals surface area contributed by atoms with E-state index in [1.165, 1.54) is 11.8 Å². The van der Waals surface area contributed by atoms with Crippen LogP contribution in [0.15, 0.2) is 82.6 Å². The van der Waals surface area contributed by atoms with Gasteiger partial charge in [-0.3, -0.25) is 9.36 Å². The molecule has 0 saturated heterocycles. The summed E-state index contributed by atoms with van der Waals surface area (Å²) in [5, 5.41) is 12.5. The van der Waals surface area contributed by atoms with Gasteiger partial charge in [0.15, 0.2) is 5.16 Å². The number of para-hydroxylation sites is 1. The van der Waals surface area contributed by atoms with E-state index < -0.39 is 0 Å². The Labute approximate surface area is 184 Å². The average Bonchev–Trinajstić information content (AvgIpc) is 3.36. The molecule has 1 aliphatic carbocycles. The molecule has 4 aromatic rings. The Morgan fingerprint density at radius 1 is 1.03 bits per heavy atom. The molecule has 2 heterocycles. The fraction of sp³-hybridized carbons (Fsp3) is 0.208. The zero-order valence-electron chi connectivity index (χ0n) is 16.9. The SMILES string of the molecule is O=C(CSc1nnc(C2CC2)n1Cc1ccco1)Nc1ccccc1-c1ccccc1. The van der Waals surface area contributed by atoms with Crippen LogP contribution in [0.2, 0.25) is 0 Å². The number of furan rings is 1. The van der Waals surface area contributed by atoms with Crippen molar-refractivity contribution >= 4 is 23.4 Å².